The summed E-state index contributed by atoms with van der Waals surface area (Å²) in [6, 6.07) is 7.98. The van der Waals surface area contributed by atoms with Gasteiger partial charge in [0.2, 0.25) is 0 Å². The van der Waals surface area contributed by atoms with E-state index in [0.717, 1.165) is 40.8 Å². The molecule has 0 bridgehead atoms. The number of aromatic nitrogens is 1. The van der Waals surface area contributed by atoms with Crippen LogP contribution in [0.25, 0.3) is 10.9 Å². The lowest BCUT2D eigenvalue weighted by Gasteiger charge is -2.30. The highest BCUT2D eigenvalue weighted by molar-refractivity contribution is 5.93. The molecule has 0 atom stereocenters. The van der Waals surface area contributed by atoms with Crippen molar-refractivity contribution in [1.82, 2.24) is 4.98 Å². The molecule has 0 unspecified atom stereocenters. The summed E-state index contributed by atoms with van der Waals surface area (Å²) in [7, 11) is 0. The molecule has 3 N–H and O–H groups in total. The zero-order valence-electron chi connectivity index (χ0n) is 12.2. The van der Waals surface area contributed by atoms with Crippen LogP contribution < -0.4 is 11.1 Å². The van der Waals surface area contributed by atoms with Gasteiger partial charge in [-0.1, -0.05) is 13.8 Å². The van der Waals surface area contributed by atoms with Crippen molar-refractivity contribution in [3.05, 3.63) is 30.0 Å². The van der Waals surface area contributed by atoms with Crippen molar-refractivity contribution in [3.63, 3.8) is 0 Å². The average Bonchev–Trinajstić information content (AvgIpc) is 2.39. The SMILES string of the molecule is CCC(C)(CC)Nc1cc(C)nc2ccc(N)cc12. The Bertz CT molecular complexity index is 586. The number of pyridine rings is 1. The van der Waals surface area contributed by atoms with Crippen LogP contribution in [0.5, 0.6) is 0 Å². The number of rotatable bonds is 4. The van der Waals surface area contributed by atoms with Crippen molar-refractivity contribution in [1.29, 1.82) is 0 Å². The molecular weight excluding hydrogens is 234 g/mol. The number of fused-ring (bicyclic) bond motifs is 1. The van der Waals surface area contributed by atoms with E-state index in [1.54, 1.807) is 0 Å². The molecule has 3 nitrogen and oxygen atoms in total. The standard InChI is InChI=1S/C16H23N3/c1-5-16(4,6-2)19-15-9-11(3)18-14-8-7-12(17)10-13(14)15/h7-10H,5-6,17H2,1-4H3,(H,18,19). The monoisotopic (exact) mass is 257 g/mol. The molecule has 1 heterocycles. The van der Waals surface area contributed by atoms with Crippen molar-refractivity contribution in [3.8, 4) is 0 Å². The predicted octanol–water partition coefficient (Wildman–Crippen LogP) is 4.12. The Labute approximate surface area is 115 Å². The van der Waals surface area contributed by atoms with Crippen molar-refractivity contribution < 1.29 is 0 Å². The Morgan fingerprint density at radius 3 is 2.53 bits per heavy atom. The van der Waals surface area contributed by atoms with Crippen molar-refractivity contribution in [2.75, 3.05) is 11.1 Å². The van der Waals surface area contributed by atoms with Crippen LogP contribution in [0.1, 0.15) is 39.3 Å². The van der Waals surface area contributed by atoms with Crippen LogP contribution in [0.4, 0.5) is 11.4 Å². The maximum atomic E-state index is 5.90. The Hall–Kier alpha value is -1.77. The summed E-state index contributed by atoms with van der Waals surface area (Å²) in [5, 5.41) is 4.77. The average molecular weight is 257 g/mol. The first-order valence-corrected chi connectivity index (χ1v) is 6.92. The van der Waals surface area contributed by atoms with Crippen LogP contribution in [0.2, 0.25) is 0 Å². The molecule has 1 aromatic heterocycles. The Kier molecular flexibility index (Phi) is 3.65. The number of hydrogen-bond acceptors (Lipinski definition) is 3. The van der Waals surface area contributed by atoms with Gasteiger partial charge < -0.3 is 11.1 Å². The van der Waals surface area contributed by atoms with E-state index in [0.29, 0.717) is 0 Å². The number of nitrogens with zero attached hydrogens (tertiary/aromatic N) is 1. The first-order chi connectivity index (χ1) is 8.97. The summed E-state index contributed by atoms with van der Waals surface area (Å²) in [6.07, 6.45) is 2.16. The number of anilines is 2. The summed E-state index contributed by atoms with van der Waals surface area (Å²) < 4.78 is 0. The third-order valence-corrected chi connectivity index (χ3v) is 3.96. The third kappa shape index (κ3) is 2.80. The van der Waals surface area contributed by atoms with Gasteiger partial charge >= 0.3 is 0 Å². The molecular formula is C16H23N3. The smallest absolute Gasteiger partial charge is 0.0727 e. The maximum Gasteiger partial charge on any atom is 0.0727 e. The largest absolute Gasteiger partial charge is 0.399 e. The van der Waals surface area contributed by atoms with E-state index >= 15 is 0 Å². The highest BCUT2D eigenvalue weighted by Crippen LogP contribution is 2.29. The highest BCUT2D eigenvalue weighted by atomic mass is 15.0. The zero-order chi connectivity index (χ0) is 14.0. The maximum absolute atomic E-state index is 5.90. The molecule has 0 saturated carbocycles. The summed E-state index contributed by atoms with van der Waals surface area (Å²) in [6.45, 7) is 8.69. The lowest BCUT2D eigenvalue weighted by Crippen LogP contribution is -2.33. The normalized spacial score (nSPS) is 11.8. The van der Waals surface area contributed by atoms with Crippen LogP contribution in [-0.4, -0.2) is 10.5 Å². The molecule has 0 aliphatic heterocycles. The lowest BCUT2D eigenvalue weighted by molar-refractivity contribution is 0.479. The van der Waals surface area contributed by atoms with Gasteiger partial charge in [0.25, 0.3) is 0 Å². The van der Waals surface area contributed by atoms with Crippen LogP contribution in [0.15, 0.2) is 24.3 Å². The second-order valence-corrected chi connectivity index (χ2v) is 5.48. The Balaban J connectivity index is 2.55. The van der Waals surface area contributed by atoms with Gasteiger partial charge in [-0.2, -0.15) is 0 Å². The quantitative estimate of drug-likeness (QED) is 0.810. The first kappa shape index (κ1) is 13.7. The van der Waals surface area contributed by atoms with E-state index in [-0.39, 0.29) is 5.54 Å². The highest BCUT2D eigenvalue weighted by Gasteiger charge is 2.20. The van der Waals surface area contributed by atoms with Gasteiger partial charge in [0.15, 0.2) is 0 Å². The van der Waals surface area contributed by atoms with Gasteiger partial charge in [-0.25, -0.2) is 0 Å². The van der Waals surface area contributed by atoms with Crippen LogP contribution in [0.3, 0.4) is 0 Å². The molecule has 3 heteroatoms. The van der Waals surface area contributed by atoms with Gasteiger partial charge in [0, 0.05) is 28.0 Å². The molecule has 2 rings (SSSR count). The van der Waals surface area contributed by atoms with Gasteiger partial charge in [-0.3, -0.25) is 4.98 Å². The van der Waals surface area contributed by atoms with E-state index in [4.69, 9.17) is 5.73 Å². The number of nitrogen functional groups attached to an aromatic ring is 1. The van der Waals surface area contributed by atoms with Gasteiger partial charge in [-0.15, -0.1) is 0 Å². The molecule has 1 aromatic carbocycles. The molecule has 0 radical (unpaired) electrons. The van der Waals surface area contributed by atoms with E-state index in [1.165, 1.54) is 0 Å². The topological polar surface area (TPSA) is 50.9 Å². The number of aryl methyl sites for hydroxylation is 1. The molecule has 0 amide bonds. The summed E-state index contributed by atoms with van der Waals surface area (Å²) in [5.74, 6) is 0. The van der Waals surface area contributed by atoms with Crippen LogP contribution in [-0.2, 0) is 0 Å². The van der Waals surface area contributed by atoms with Crippen molar-refractivity contribution in [2.24, 2.45) is 0 Å². The Morgan fingerprint density at radius 1 is 1.21 bits per heavy atom. The number of hydrogen-bond donors (Lipinski definition) is 2. The lowest BCUT2D eigenvalue weighted by atomic mass is 9.94. The molecule has 0 fully saturated rings. The minimum atomic E-state index is 0.103. The zero-order valence-corrected chi connectivity index (χ0v) is 12.2. The fraction of sp³-hybridized carbons (Fsp3) is 0.438. The fourth-order valence-electron chi connectivity index (χ4n) is 2.23. The van der Waals surface area contributed by atoms with Crippen molar-refractivity contribution in [2.45, 2.75) is 46.1 Å². The molecule has 0 saturated heterocycles. The van der Waals surface area contributed by atoms with E-state index in [1.807, 2.05) is 25.1 Å². The first-order valence-electron chi connectivity index (χ1n) is 6.92. The molecule has 2 aromatic rings. The number of nitrogens with two attached hydrogens (primary N) is 1. The van der Waals surface area contributed by atoms with E-state index < -0.39 is 0 Å². The molecule has 19 heavy (non-hydrogen) atoms. The number of nitrogens with one attached hydrogen (secondary N) is 1. The summed E-state index contributed by atoms with van der Waals surface area (Å²) in [4.78, 5) is 4.56. The second kappa shape index (κ2) is 5.08. The summed E-state index contributed by atoms with van der Waals surface area (Å²) in [5.41, 5.74) is 9.92. The fourth-order valence-corrected chi connectivity index (χ4v) is 2.23. The predicted molar refractivity (Wildman–Crippen MR) is 83.5 cm³/mol. The van der Waals surface area contributed by atoms with Gasteiger partial charge in [-0.05, 0) is 51.0 Å². The summed E-state index contributed by atoms with van der Waals surface area (Å²) >= 11 is 0. The molecule has 0 spiro atoms. The van der Waals surface area contributed by atoms with Gasteiger partial charge in [0.1, 0.15) is 0 Å². The van der Waals surface area contributed by atoms with E-state index in [9.17, 15) is 0 Å². The third-order valence-electron chi connectivity index (χ3n) is 3.96. The van der Waals surface area contributed by atoms with Crippen LogP contribution >= 0.6 is 0 Å². The molecule has 0 aliphatic rings. The number of benzene rings is 1. The van der Waals surface area contributed by atoms with E-state index in [2.05, 4.69) is 37.1 Å². The Morgan fingerprint density at radius 2 is 1.89 bits per heavy atom. The second-order valence-electron chi connectivity index (χ2n) is 5.48. The van der Waals surface area contributed by atoms with Gasteiger partial charge in [0.05, 0.1) is 5.52 Å². The minimum absolute atomic E-state index is 0.103. The molecule has 0 aliphatic carbocycles. The molecule has 102 valence electrons. The van der Waals surface area contributed by atoms with Crippen LogP contribution in [0, 0.1) is 6.92 Å². The minimum Gasteiger partial charge on any atom is -0.399 e. The van der Waals surface area contributed by atoms with Crippen molar-refractivity contribution >= 4 is 22.3 Å².